The number of halogens is 1. The van der Waals surface area contributed by atoms with E-state index < -0.39 is 5.97 Å². The Bertz CT molecular complexity index is 558. The van der Waals surface area contributed by atoms with E-state index in [-0.39, 0.29) is 15.8 Å². The van der Waals surface area contributed by atoms with Gasteiger partial charge in [0.15, 0.2) is 5.22 Å². The fourth-order valence-electron chi connectivity index (χ4n) is 1.36. The van der Waals surface area contributed by atoms with Crippen LogP contribution in [0, 0.1) is 6.92 Å². The highest BCUT2D eigenvalue weighted by molar-refractivity contribution is 7.18. The summed E-state index contributed by atoms with van der Waals surface area (Å²) >= 11 is 6.75. The number of thiophene rings is 1. The molecule has 0 atom stereocenters. The zero-order valence-corrected chi connectivity index (χ0v) is 9.85. The molecule has 0 amide bonds. The van der Waals surface area contributed by atoms with Crippen molar-refractivity contribution in [3.05, 3.63) is 27.8 Å². The third-order valence-corrected chi connectivity index (χ3v) is 3.70. The smallest absolute Gasteiger partial charge is 0.348 e. The second kappa shape index (κ2) is 3.84. The number of nitrogen functional groups attached to an aromatic ring is 1. The van der Waals surface area contributed by atoms with Crippen molar-refractivity contribution in [3.8, 4) is 10.6 Å². The number of carboxylic acid groups (broad SMARTS) is 1. The van der Waals surface area contributed by atoms with Crippen LogP contribution < -0.4 is 5.73 Å². The summed E-state index contributed by atoms with van der Waals surface area (Å²) in [6, 6.07) is 3.29. The van der Waals surface area contributed by atoms with Crippen molar-refractivity contribution in [1.29, 1.82) is 0 Å². The number of carboxylic acids is 1. The van der Waals surface area contributed by atoms with Gasteiger partial charge in [-0.25, -0.2) is 4.79 Å². The van der Waals surface area contributed by atoms with Gasteiger partial charge in [-0.05, 0) is 36.2 Å². The summed E-state index contributed by atoms with van der Waals surface area (Å²) in [5.74, 6) is -0.499. The van der Waals surface area contributed by atoms with Crippen LogP contribution in [0.3, 0.4) is 0 Å². The Morgan fingerprint density at radius 2 is 2.25 bits per heavy atom. The standard InChI is InChI=1S/C10H8ClNO3S/c1-4-7(12)9(10(13)14)16-8(4)5-2-3-6(11)15-5/h2-3H,12H2,1H3,(H,13,14). The Hall–Kier alpha value is -1.46. The zero-order valence-electron chi connectivity index (χ0n) is 8.28. The summed E-state index contributed by atoms with van der Waals surface area (Å²) in [5.41, 5.74) is 6.68. The first-order valence-electron chi connectivity index (χ1n) is 4.38. The summed E-state index contributed by atoms with van der Waals surface area (Å²) in [5, 5.41) is 9.19. The van der Waals surface area contributed by atoms with Crippen molar-refractivity contribution in [2.75, 3.05) is 5.73 Å². The van der Waals surface area contributed by atoms with Gasteiger partial charge in [-0.2, -0.15) is 0 Å². The number of furan rings is 1. The molecule has 0 spiro atoms. The molecule has 0 bridgehead atoms. The molecular formula is C10H8ClNO3S. The molecule has 0 aromatic carbocycles. The predicted octanol–water partition coefficient (Wildman–Crippen LogP) is 3.25. The number of aromatic carboxylic acids is 1. The lowest BCUT2D eigenvalue weighted by Gasteiger charge is -1.94. The third-order valence-electron chi connectivity index (χ3n) is 2.18. The van der Waals surface area contributed by atoms with Gasteiger partial charge in [0.05, 0.1) is 10.6 Å². The number of carbonyl (C=O) groups is 1. The molecule has 2 rings (SSSR count). The zero-order chi connectivity index (χ0) is 11.9. The lowest BCUT2D eigenvalue weighted by Crippen LogP contribution is -1.97. The number of hydrogen-bond donors (Lipinski definition) is 2. The van der Waals surface area contributed by atoms with E-state index >= 15 is 0 Å². The molecule has 2 heterocycles. The van der Waals surface area contributed by atoms with Crippen LogP contribution in [0.4, 0.5) is 5.69 Å². The van der Waals surface area contributed by atoms with Crippen molar-refractivity contribution < 1.29 is 14.3 Å². The highest BCUT2D eigenvalue weighted by Gasteiger charge is 2.20. The Morgan fingerprint density at radius 3 is 2.69 bits per heavy atom. The summed E-state index contributed by atoms with van der Waals surface area (Å²) in [6.45, 7) is 1.75. The second-order valence-corrected chi connectivity index (χ2v) is 4.60. The van der Waals surface area contributed by atoms with Gasteiger partial charge in [0.25, 0.3) is 0 Å². The molecule has 0 fully saturated rings. The van der Waals surface area contributed by atoms with E-state index in [4.69, 9.17) is 26.9 Å². The van der Waals surface area contributed by atoms with Gasteiger partial charge in [-0.3, -0.25) is 0 Å². The maximum absolute atomic E-state index is 10.9. The van der Waals surface area contributed by atoms with Gasteiger partial charge in [0.2, 0.25) is 0 Å². The van der Waals surface area contributed by atoms with E-state index in [9.17, 15) is 4.79 Å². The van der Waals surface area contributed by atoms with Gasteiger partial charge in [0, 0.05) is 0 Å². The quantitative estimate of drug-likeness (QED) is 0.866. The number of hydrogen-bond acceptors (Lipinski definition) is 4. The summed E-state index contributed by atoms with van der Waals surface area (Å²) in [6.07, 6.45) is 0. The minimum atomic E-state index is -1.03. The largest absolute Gasteiger partial charge is 0.477 e. The maximum Gasteiger partial charge on any atom is 0.348 e. The van der Waals surface area contributed by atoms with E-state index in [1.165, 1.54) is 0 Å². The molecule has 6 heteroatoms. The van der Waals surface area contributed by atoms with E-state index in [1.807, 2.05) is 0 Å². The maximum atomic E-state index is 10.9. The van der Waals surface area contributed by atoms with E-state index in [0.717, 1.165) is 11.3 Å². The lowest BCUT2D eigenvalue weighted by molar-refractivity contribution is 0.0703. The summed E-state index contributed by atoms with van der Waals surface area (Å²) in [7, 11) is 0. The third kappa shape index (κ3) is 1.68. The van der Waals surface area contributed by atoms with E-state index in [0.29, 0.717) is 16.2 Å². The lowest BCUT2D eigenvalue weighted by atomic mass is 10.2. The first-order chi connectivity index (χ1) is 7.50. The molecule has 0 aliphatic rings. The van der Waals surface area contributed by atoms with Gasteiger partial charge in [-0.1, -0.05) is 0 Å². The van der Waals surface area contributed by atoms with Crippen LogP contribution in [-0.4, -0.2) is 11.1 Å². The van der Waals surface area contributed by atoms with E-state index in [1.54, 1.807) is 19.1 Å². The van der Waals surface area contributed by atoms with Crippen molar-refractivity contribution in [2.24, 2.45) is 0 Å². The van der Waals surface area contributed by atoms with Crippen LogP contribution in [0.15, 0.2) is 16.5 Å². The summed E-state index contributed by atoms with van der Waals surface area (Å²) < 4.78 is 5.23. The second-order valence-electron chi connectivity index (χ2n) is 3.21. The number of nitrogens with two attached hydrogens (primary N) is 1. The van der Waals surface area contributed by atoms with Crippen LogP contribution in [0.1, 0.15) is 15.2 Å². The predicted molar refractivity (Wildman–Crippen MR) is 63.1 cm³/mol. The monoisotopic (exact) mass is 257 g/mol. The van der Waals surface area contributed by atoms with Gasteiger partial charge in [-0.15, -0.1) is 11.3 Å². The highest BCUT2D eigenvalue weighted by Crippen LogP contribution is 2.39. The van der Waals surface area contributed by atoms with E-state index in [2.05, 4.69) is 0 Å². The first-order valence-corrected chi connectivity index (χ1v) is 5.58. The molecule has 0 saturated carbocycles. The minimum absolute atomic E-state index is 0.125. The van der Waals surface area contributed by atoms with Gasteiger partial charge in [0.1, 0.15) is 10.6 Å². The minimum Gasteiger partial charge on any atom is -0.477 e. The molecule has 2 aromatic rings. The van der Waals surface area contributed by atoms with Crippen molar-refractivity contribution in [2.45, 2.75) is 6.92 Å². The molecule has 4 nitrogen and oxygen atoms in total. The molecular weight excluding hydrogens is 250 g/mol. The Kier molecular flexibility index (Phi) is 2.65. The Balaban J connectivity index is 2.58. The normalized spacial score (nSPS) is 10.6. The van der Waals surface area contributed by atoms with Crippen molar-refractivity contribution in [1.82, 2.24) is 0 Å². The fraction of sp³-hybridized carbons (Fsp3) is 0.100. The van der Waals surface area contributed by atoms with Crippen LogP contribution in [0.5, 0.6) is 0 Å². The Morgan fingerprint density at radius 1 is 1.56 bits per heavy atom. The fourth-order valence-corrected chi connectivity index (χ4v) is 2.53. The Labute approximate surface area is 100 Å². The van der Waals surface area contributed by atoms with Crippen LogP contribution in [0.2, 0.25) is 5.22 Å². The number of anilines is 1. The van der Waals surface area contributed by atoms with Gasteiger partial charge < -0.3 is 15.3 Å². The average Bonchev–Trinajstić information content (AvgIpc) is 2.74. The average molecular weight is 258 g/mol. The molecule has 0 radical (unpaired) electrons. The van der Waals surface area contributed by atoms with Crippen molar-refractivity contribution in [3.63, 3.8) is 0 Å². The SMILES string of the molecule is Cc1c(-c2ccc(Cl)o2)sc(C(=O)O)c1N. The molecule has 0 aliphatic carbocycles. The molecule has 84 valence electrons. The molecule has 0 saturated heterocycles. The van der Waals surface area contributed by atoms with Crippen LogP contribution >= 0.6 is 22.9 Å². The number of rotatable bonds is 2. The topological polar surface area (TPSA) is 76.5 Å². The molecule has 2 aromatic heterocycles. The van der Waals surface area contributed by atoms with Crippen LogP contribution in [0.25, 0.3) is 10.6 Å². The molecule has 3 N–H and O–H groups in total. The molecule has 16 heavy (non-hydrogen) atoms. The summed E-state index contributed by atoms with van der Waals surface area (Å²) in [4.78, 5) is 11.7. The molecule has 0 unspecified atom stereocenters. The van der Waals surface area contributed by atoms with Crippen LogP contribution in [-0.2, 0) is 0 Å². The van der Waals surface area contributed by atoms with Crippen molar-refractivity contribution >= 4 is 34.6 Å². The first kappa shape index (κ1) is 11.0. The molecule has 0 aliphatic heterocycles. The van der Waals surface area contributed by atoms with Gasteiger partial charge >= 0.3 is 5.97 Å². The highest BCUT2D eigenvalue weighted by atomic mass is 35.5.